The van der Waals surface area contributed by atoms with Crippen LogP contribution in [0, 0.1) is 0 Å². The summed E-state index contributed by atoms with van der Waals surface area (Å²) in [7, 11) is 0. The molecule has 0 saturated carbocycles. The van der Waals surface area contributed by atoms with Gasteiger partial charge in [-0.3, -0.25) is 9.59 Å². The molecule has 1 heterocycles. The third-order valence-corrected chi connectivity index (χ3v) is 2.97. The number of thiazole rings is 1. The quantitative estimate of drug-likeness (QED) is 0.788. The van der Waals surface area contributed by atoms with Gasteiger partial charge < -0.3 is 10.4 Å². The lowest BCUT2D eigenvalue weighted by Gasteiger charge is -2.02. The van der Waals surface area contributed by atoms with Crippen LogP contribution in [-0.2, 0) is 11.0 Å². The number of nitrogens with zero attached hydrogens (tertiary/aromatic N) is 1. The molecule has 0 fully saturated rings. The molecule has 0 aromatic carbocycles. The van der Waals surface area contributed by atoms with Gasteiger partial charge in [-0.2, -0.15) is 13.2 Å². The van der Waals surface area contributed by atoms with Gasteiger partial charge in [-0.1, -0.05) is 0 Å². The van der Waals surface area contributed by atoms with Gasteiger partial charge in [0.15, 0.2) is 5.01 Å². The Hall–Kier alpha value is -1.64. The first-order chi connectivity index (χ1) is 8.80. The molecule has 0 aliphatic rings. The van der Waals surface area contributed by atoms with E-state index in [1.165, 1.54) is 0 Å². The van der Waals surface area contributed by atoms with Gasteiger partial charge >= 0.3 is 12.1 Å². The number of nitrogens with one attached hydrogen (secondary N) is 1. The second-order valence-corrected chi connectivity index (χ2v) is 4.50. The summed E-state index contributed by atoms with van der Waals surface area (Å²) in [5.74, 6) is -1.62. The zero-order valence-electron chi connectivity index (χ0n) is 9.66. The Bertz CT molecular complexity index is 459. The summed E-state index contributed by atoms with van der Waals surface area (Å²) in [5.41, 5.74) is -0.282. The van der Waals surface area contributed by atoms with E-state index in [0.717, 1.165) is 5.38 Å². The fraction of sp³-hybridized carbons (Fsp3) is 0.500. The molecule has 106 valence electrons. The molecule has 0 saturated heterocycles. The Balaban J connectivity index is 2.38. The third-order valence-electron chi connectivity index (χ3n) is 2.08. The van der Waals surface area contributed by atoms with Crippen LogP contribution in [-0.4, -0.2) is 28.5 Å². The lowest BCUT2D eigenvalue weighted by atomic mass is 10.2. The number of hydrogen-bond acceptors (Lipinski definition) is 4. The highest BCUT2D eigenvalue weighted by atomic mass is 32.1. The molecule has 1 amide bonds. The predicted molar refractivity (Wildman–Crippen MR) is 60.9 cm³/mol. The van der Waals surface area contributed by atoms with Gasteiger partial charge in [0.1, 0.15) is 5.69 Å². The highest BCUT2D eigenvalue weighted by Gasteiger charge is 2.35. The smallest absolute Gasteiger partial charge is 0.443 e. The van der Waals surface area contributed by atoms with Crippen LogP contribution in [0.1, 0.15) is 34.8 Å². The van der Waals surface area contributed by atoms with Gasteiger partial charge in [0.25, 0.3) is 5.91 Å². The predicted octanol–water partition coefficient (Wildman–Crippen LogP) is 2.15. The molecule has 0 atom stereocenters. The van der Waals surface area contributed by atoms with Crippen LogP contribution in [0.3, 0.4) is 0 Å². The molecule has 19 heavy (non-hydrogen) atoms. The Labute approximate surface area is 110 Å². The number of hydrogen-bond donors (Lipinski definition) is 2. The van der Waals surface area contributed by atoms with Crippen molar-refractivity contribution in [2.45, 2.75) is 25.4 Å². The SMILES string of the molecule is O=C(O)CCCCNC(=O)c1csc(C(F)(F)F)n1. The molecular formula is C10H11F3N2O3S. The molecule has 0 bridgehead atoms. The van der Waals surface area contributed by atoms with Gasteiger partial charge in [0.05, 0.1) is 0 Å². The zero-order chi connectivity index (χ0) is 14.5. The van der Waals surface area contributed by atoms with Gasteiger partial charge in [0, 0.05) is 18.3 Å². The molecule has 0 spiro atoms. The maximum atomic E-state index is 12.3. The van der Waals surface area contributed by atoms with Gasteiger partial charge in [-0.15, -0.1) is 11.3 Å². The molecule has 1 aromatic heterocycles. The van der Waals surface area contributed by atoms with Gasteiger partial charge in [-0.05, 0) is 12.8 Å². The van der Waals surface area contributed by atoms with E-state index < -0.39 is 23.1 Å². The lowest BCUT2D eigenvalue weighted by Crippen LogP contribution is -2.25. The number of alkyl halides is 3. The summed E-state index contributed by atoms with van der Waals surface area (Å²) < 4.78 is 36.8. The van der Waals surface area contributed by atoms with Gasteiger partial charge in [-0.25, -0.2) is 4.98 Å². The second kappa shape index (κ2) is 6.50. The van der Waals surface area contributed by atoms with Gasteiger partial charge in [0.2, 0.25) is 0 Å². The van der Waals surface area contributed by atoms with E-state index >= 15 is 0 Å². The van der Waals surface area contributed by atoms with Crippen molar-refractivity contribution < 1.29 is 27.9 Å². The standard InChI is InChI=1S/C10H11F3N2O3S/c11-10(12,13)9-15-6(5-19-9)8(18)14-4-2-1-3-7(16)17/h5H,1-4H2,(H,14,18)(H,16,17). The maximum Gasteiger partial charge on any atom is 0.443 e. The van der Waals surface area contributed by atoms with E-state index in [0.29, 0.717) is 24.2 Å². The number of rotatable bonds is 6. The van der Waals surface area contributed by atoms with E-state index in [1.54, 1.807) is 0 Å². The molecule has 0 aliphatic carbocycles. The first-order valence-electron chi connectivity index (χ1n) is 5.33. The number of aliphatic carboxylic acids is 1. The number of aromatic nitrogens is 1. The van der Waals surface area contributed by atoms with Crippen molar-refractivity contribution in [3.8, 4) is 0 Å². The Morgan fingerprint density at radius 2 is 2.05 bits per heavy atom. The number of halogens is 3. The summed E-state index contributed by atoms with van der Waals surface area (Å²) in [6.07, 6.45) is -3.73. The number of carboxylic acids is 1. The highest BCUT2D eigenvalue weighted by Crippen LogP contribution is 2.31. The summed E-state index contributed by atoms with van der Waals surface area (Å²) in [6.45, 7) is 0.199. The minimum Gasteiger partial charge on any atom is -0.481 e. The fourth-order valence-electron chi connectivity index (χ4n) is 1.20. The normalized spacial score (nSPS) is 11.3. The first kappa shape index (κ1) is 15.4. The van der Waals surface area contributed by atoms with Crippen molar-refractivity contribution >= 4 is 23.2 Å². The minimum absolute atomic E-state index is 0.00913. The van der Waals surface area contributed by atoms with E-state index in [9.17, 15) is 22.8 Å². The van der Waals surface area contributed by atoms with Crippen LogP contribution in [0.4, 0.5) is 13.2 Å². The minimum atomic E-state index is -4.55. The Morgan fingerprint density at radius 1 is 1.37 bits per heavy atom. The largest absolute Gasteiger partial charge is 0.481 e. The van der Waals surface area contributed by atoms with Crippen LogP contribution >= 0.6 is 11.3 Å². The molecule has 5 nitrogen and oxygen atoms in total. The average molecular weight is 296 g/mol. The molecule has 1 aromatic rings. The summed E-state index contributed by atoms with van der Waals surface area (Å²) in [6, 6.07) is 0. The Morgan fingerprint density at radius 3 is 2.58 bits per heavy atom. The molecule has 0 unspecified atom stereocenters. The summed E-state index contributed by atoms with van der Waals surface area (Å²) in [5, 5.41) is 10.7. The first-order valence-corrected chi connectivity index (χ1v) is 6.21. The fourth-order valence-corrected chi connectivity index (χ4v) is 1.87. The second-order valence-electron chi connectivity index (χ2n) is 3.64. The number of carboxylic acid groups (broad SMARTS) is 1. The van der Waals surface area contributed by atoms with Crippen molar-refractivity contribution in [2.75, 3.05) is 6.54 Å². The zero-order valence-corrected chi connectivity index (χ0v) is 10.5. The van der Waals surface area contributed by atoms with Crippen LogP contribution in [0.5, 0.6) is 0 Å². The van der Waals surface area contributed by atoms with Crippen LogP contribution in [0.25, 0.3) is 0 Å². The molecule has 2 N–H and O–H groups in total. The lowest BCUT2D eigenvalue weighted by molar-refractivity contribution is -0.138. The third kappa shape index (κ3) is 5.25. The molecular weight excluding hydrogens is 285 g/mol. The number of unbranched alkanes of at least 4 members (excludes halogenated alkanes) is 1. The van der Waals surface area contributed by atoms with Crippen LogP contribution in [0.15, 0.2) is 5.38 Å². The van der Waals surface area contributed by atoms with E-state index in [4.69, 9.17) is 5.11 Å². The van der Waals surface area contributed by atoms with Crippen molar-refractivity contribution in [3.05, 3.63) is 16.1 Å². The topological polar surface area (TPSA) is 79.3 Å². The van der Waals surface area contributed by atoms with Crippen molar-refractivity contribution in [1.82, 2.24) is 10.3 Å². The molecule has 9 heteroatoms. The molecule has 1 rings (SSSR count). The van der Waals surface area contributed by atoms with E-state index in [2.05, 4.69) is 10.3 Å². The van der Waals surface area contributed by atoms with Crippen LogP contribution < -0.4 is 5.32 Å². The van der Waals surface area contributed by atoms with Crippen molar-refractivity contribution in [1.29, 1.82) is 0 Å². The molecule has 0 radical (unpaired) electrons. The maximum absolute atomic E-state index is 12.3. The van der Waals surface area contributed by atoms with Crippen molar-refractivity contribution in [3.63, 3.8) is 0 Å². The highest BCUT2D eigenvalue weighted by molar-refractivity contribution is 7.09. The Kier molecular flexibility index (Phi) is 5.28. The van der Waals surface area contributed by atoms with E-state index in [1.807, 2.05) is 0 Å². The summed E-state index contributed by atoms with van der Waals surface area (Å²) in [4.78, 5) is 24.8. The number of amides is 1. The molecule has 0 aliphatic heterocycles. The number of carbonyl (C=O) groups is 2. The summed E-state index contributed by atoms with van der Waals surface area (Å²) >= 11 is 0.358. The average Bonchev–Trinajstić information content (AvgIpc) is 2.76. The number of carbonyl (C=O) groups excluding carboxylic acids is 1. The van der Waals surface area contributed by atoms with Crippen LogP contribution in [0.2, 0.25) is 0 Å². The van der Waals surface area contributed by atoms with E-state index in [-0.39, 0.29) is 18.7 Å². The monoisotopic (exact) mass is 296 g/mol. The van der Waals surface area contributed by atoms with Crippen molar-refractivity contribution in [2.24, 2.45) is 0 Å².